The van der Waals surface area contributed by atoms with Crippen LogP contribution in [-0.2, 0) is 10.9 Å². The second-order valence-corrected chi connectivity index (χ2v) is 10.2. The number of halogens is 3. The molecule has 0 unspecified atom stereocenters. The number of hydrogen-bond donors (Lipinski definition) is 3. The Morgan fingerprint density at radius 1 is 1.15 bits per heavy atom. The van der Waals surface area contributed by atoms with Crippen LogP contribution in [-0.4, -0.2) is 43.4 Å². The van der Waals surface area contributed by atoms with Crippen molar-refractivity contribution in [2.75, 3.05) is 11.1 Å². The highest BCUT2D eigenvalue weighted by Crippen LogP contribution is 2.36. The Morgan fingerprint density at radius 3 is 2.47 bits per heavy atom. The summed E-state index contributed by atoms with van der Waals surface area (Å²) in [5.74, 6) is -0.575. The van der Waals surface area contributed by atoms with Crippen molar-refractivity contribution in [2.45, 2.75) is 70.3 Å². The third-order valence-electron chi connectivity index (χ3n) is 5.38. The molecule has 34 heavy (non-hydrogen) atoms. The van der Waals surface area contributed by atoms with Gasteiger partial charge in [-0.15, -0.1) is 5.10 Å². The van der Waals surface area contributed by atoms with Crippen molar-refractivity contribution in [1.29, 1.82) is 0 Å². The molecule has 3 aromatic heterocycles. The Kier molecular flexibility index (Phi) is 6.32. The normalized spacial score (nSPS) is 19.2. The number of imidazole rings is 1. The molecule has 4 N–H and O–H groups in total. The Labute approximate surface area is 197 Å². The van der Waals surface area contributed by atoms with Gasteiger partial charge in [-0.1, -0.05) is 11.3 Å². The van der Waals surface area contributed by atoms with Gasteiger partial charge >= 0.3 is 12.3 Å². The average Bonchev–Trinajstić information content (AvgIpc) is 3.28. The zero-order chi connectivity index (χ0) is 24.7. The van der Waals surface area contributed by atoms with Crippen molar-refractivity contribution in [1.82, 2.24) is 24.9 Å². The summed E-state index contributed by atoms with van der Waals surface area (Å²) in [6.45, 7) is 5.47. The van der Waals surface area contributed by atoms with Gasteiger partial charge in [0.1, 0.15) is 11.4 Å². The van der Waals surface area contributed by atoms with E-state index in [9.17, 15) is 18.0 Å². The van der Waals surface area contributed by atoms with E-state index in [2.05, 4.69) is 25.7 Å². The summed E-state index contributed by atoms with van der Waals surface area (Å²) in [5, 5.41) is 11.4. The molecule has 0 saturated heterocycles. The quantitative estimate of drug-likeness (QED) is 0.478. The summed E-state index contributed by atoms with van der Waals surface area (Å²) in [5.41, 5.74) is 4.48. The number of fused-ring (bicyclic) bond motifs is 1. The molecule has 0 spiro atoms. The number of anilines is 2. The van der Waals surface area contributed by atoms with E-state index in [0.717, 1.165) is 31.7 Å². The lowest BCUT2D eigenvalue weighted by molar-refractivity contribution is -0.137. The molecule has 1 fully saturated rings. The van der Waals surface area contributed by atoms with E-state index in [1.807, 2.05) is 20.8 Å². The maximum atomic E-state index is 13.2. The smallest absolute Gasteiger partial charge is 0.419 e. The van der Waals surface area contributed by atoms with Gasteiger partial charge in [0.05, 0.1) is 17.5 Å². The molecule has 0 aromatic carbocycles. The highest BCUT2D eigenvalue weighted by Gasteiger charge is 2.34. The first-order valence-electron chi connectivity index (χ1n) is 10.8. The van der Waals surface area contributed by atoms with Gasteiger partial charge in [0.2, 0.25) is 10.1 Å². The van der Waals surface area contributed by atoms with Crippen molar-refractivity contribution in [2.24, 2.45) is 0 Å². The monoisotopic (exact) mass is 497 g/mol. The number of rotatable bonds is 4. The summed E-state index contributed by atoms with van der Waals surface area (Å²) in [6, 6.07) is 1.16. The van der Waals surface area contributed by atoms with E-state index < -0.39 is 29.3 Å². The molecule has 0 atom stereocenters. The first kappa shape index (κ1) is 24.0. The van der Waals surface area contributed by atoms with E-state index >= 15 is 0 Å². The van der Waals surface area contributed by atoms with Gasteiger partial charge in [0.25, 0.3) is 0 Å². The fraction of sp³-hybridized carbons (Fsp3) is 0.524. The van der Waals surface area contributed by atoms with Crippen LogP contribution in [0.4, 0.5) is 28.9 Å². The fourth-order valence-corrected chi connectivity index (χ4v) is 4.67. The van der Waals surface area contributed by atoms with Gasteiger partial charge in [-0.3, -0.25) is 0 Å². The molecule has 1 amide bonds. The predicted molar refractivity (Wildman–Crippen MR) is 123 cm³/mol. The molecule has 9 nitrogen and oxygen atoms in total. The third kappa shape index (κ3) is 5.51. The molecule has 0 aliphatic heterocycles. The van der Waals surface area contributed by atoms with Crippen LogP contribution in [0.1, 0.15) is 52.0 Å². The minimum Gasteiger partial charge on any atom is -0.444 e. The Balaban J connectivity index is 1.41. The number of carbonyl (C=O) groups excluding carboxylic acids is 1. The number of nitrogens with two attached hydrogens (primary N) is 1. The number of alkyl carbamates (subject to hydrolysis) is 1. The van der Waals surface area contributed by atoms with Crippen molar-refractivity contribution in [3.63, 3.8) is 0 Å². The second kappa shape index (κ2) is 8.93. The standard InChI is InChI=1S/C21H26F3N7O2S/c1-20(2,3)33-19(32)29-13-6-4-12(5-7-13)28-17-30-31-15(10-27-18(31)34-17)11-8-14(21(22,23)24)16(25)26-9-11/h8-10,12-13H,4-7H2,1-3H3,(H2,25,26)(H,28,30)(H,29,32)/t12-,13-. The van der Waals surface area contributed by atoms with Crippen LogP contribution in [0.3, 0.4) is 0 Å². The van der Waals surface area contributed by atoms with Gasteiger partial charge in [0.15, 0.2) is 0 Å². The number of ether oxygens (including phenoxy) is 1. The van der Waals surface area contributed by atoms with Crippen molar-refractivity contribution in [3.8, 4) is 11.3 Å². The molecule has 3 heterocycles. The van der Waals surface area contributed by atoms with E-state index in [1.54, 1.807) is 0 Å². The Morgan fingerprint density at radius 2 is 1.82 bits per heavy atom. The zero-order valence-corrected chi connectivity index (χ0v) is 19.8. The molecule has 0 bridgehead atoms. The highest BCUT2D eigenvalue weighted by atomic mass is 32.1. The van der Waals surface area contributed by atoms with Crippen LogP contribution in [0.15, 0.2) is 18.5 Å². The minimum atomic E-state index is -4.61. The number of carbonyl (C=O) groups is 1. The SMILES string of the molecule is CC(C)(C)OC(=O)N[C@H]1CC[C@H](Nc2nn3c(-c4cnc(N)c(C(F)(F)F)c4)cnc3s2)CC1. The maximum Gasteiger partial charge on any atom is 0.419 e. The molecule has 1 saturated carbocycles. The molecular formula is C21H26F3N7O2S. The van der Waals surface area contributed by atoms with E-state index in [4.69, 9.17) is 10.5 Å². The topological polar surface area (TPSA) is 119 Å². The number of nitrogens with one attached hydrogen (secondary N) is 2. The lowest BCUT2D eigenvalue weighted by Gasteiger charge is -2.30. The number of alkyl halides is 3. The van der Waals surface area contributed by atoms with E-state index in [-0.39, 0.29) is 17.6 Å². The van der Waals surface area contributed by atoms with Crippen molar-refractivity contribution >= 4 is 33.3 Å². The number of nitrogen functional groups attached to an aromatic ring is 1. The van der Waals surface area contributed by atoms with Crippen molar-refractivity contribution < 1.29 is 22.7 Å². The summed E-state index contributed by atoms with van der Waals surface area (Å²) >= 11 is 1.31. The van der Waals surface area contributed by atoms with Gasteiger partial charge in [0, 0.05) is 23.8 Å². The molecular weight excluding hydrogens is 471 g/mol. The van der Waals surface area contributed by atoms with Crippen LogP contribution in [0.5, 0.6) is 0 Å². The molecule has 0 radical (unpaired) electrons. The van der Waals surface area contributed by atoms with E-state index in [1.165, 1.54) is 28.2 Å². The second-order valence-electron chi connectivity index (χ2n) is 9.24. The first-order chi connectivity index (χ1) is 15.9. The van der Waals surface area contributed by atoms with Gasteiger partial charge in [-0.05, 0) is 52.5 Å². The number of amides is 1. The van der Waals surface area contributed by atoms with E-state index in [0.29, 0.717) is 15.8 Å². The molecule has 4 rings (SSSR count). The van der Waals surface area contributed by atoms with Gasteiger partial charge in [-0.25, -0.2) is 19.3 Å². The number of aromatic nitrogens is 4. The summed E-state index contributed by atoms with van der Waals surface area (Å²) in [6.07, 6.45) is 0.955. The number of pyridine rings is 1. The Hall–Kier alpha value is -3.09. The molecule has 3 aromatic rings. The average molecular weight is 498 g/mol. The van der Waals surface area contributed by atoms with Crippen LogP contribution in [0, 0.1) is 0 Å². The van der Waals surface area contributed by atoms with Crippen LogP contribution in [0.25, 0.3) is 16.2 Å². The molecule has 184 valence electrons. The van der Waals surface area contributed by atoms with Crippen LogP contribution >= 0.6 is 11.3 Å². The van der Waals surface area contributed by atoms with Crippen LogP contribution in [0.2, 0.25) is 0 Å². The first-order valence-corrected chi connectivity index (χ1v) is 11.6. The molecule has 1 aliphatic rings. The minimum absolute atomic E-state index is 0.0500. The lowest BCUT2D eigenvalue weighted by Crippen LogP contribution is -2.42. The summed E-state index contributed by atoms with van der Waals surface area (Å²) < 4.78 is 46.5. The van der Waals surface area contributed by atoms with Crippen molar-refractivity contribution in [3.05, 3.63) is 24.0 Å². The predicted octanol–water partition coefficient (Wildman–Crippen LogP) is 4.70. The number of nitrogens with zero attached hydrogens (tertiary/aromatic N) is 4. The van der Waals surface area contributed by atoms with Crippen LogP contribution < -0.4 is 16.4 Å². The third-order valence-corrected chi connectivity index (χ3v) is 6.23. The number of hydrogen-bond acceptors (Lipinski definition) is 8. The highest BCUT2D eigenvalue weighted by molar-refractivity contribution is 7.20. The fourth-order valence-electron chi connectivity index (χ4n) is 3.82. The molecule has 1 aliphatic carbocycles. The summed E-state index contributed by atoms with van der Waals surface area (Å²) in [7, 11) is 0. The maximum absolute atomic E-state index is 13.2. The largest absolute Gasteiger partial charge is 0.444 e. The van der Waals surface area contributed by atoms with Gasteiger partial charge in [-0.2, -0.15) is 13.2 Å². The van der Waals surface area contributed by atoms with Gasteiger partial charge < -0.3 is 21.1 Å². The summed E-state index contributed by atoms with van der Waals surface area (Å²) in [4.78, 5) is 20.5. The Bertz CT molecular complexity index is 1180. The lowest BCUT2D eigenvalue weighted by atomic mass is 9.91. The molecule has 13 heteroatoms. The zero-order valence-electron chi connectivity index (χ0n) is 18.9.